The first-order valence-electron chi connectivity index (χ1n) is 15.5. The van der Waals surface area contributed by atoms with Gasteiger partial charge in [-0.1, -0.05) is 69.7 Å². The SMILES string of the molecule is CC1CCCCCC1.CNc1ccc(CN2CCC(Nc3nc(C)cc(C)n3)CC2)cc1.Cc1ccc(C)c(F)c1. The summed E-state index contributed by atoms with van der Waals surface area (Å²) in [6, 6.07) is 16.4. The lowest BCUT2D eigenvalue weighted by atomic mass is 10.0. The monoisotopic (exact) mass is 561 g/mol. The van der Waals surface area contributed by atoms with E-state index in [0.717, 1.165) is 67.0 Å². The van der Waals surface area contributed by atoms with Gasteiger partial charge in [0.05, 0.1) is 0 Å². The highest BCUT2D eigenvalue weighted by Crippen LogP contribution is 2.21. The maximum atomic E-state index is 12.6. The minimum Gasteiger partial charge on any atom is -0.388 e. The molecule has 1 aliphatic carbocycles. The quantitative estimate of drug-likeness (QED) is 0.305. The minimum absolute atomic E-state index is 0.116. The summed E-state index contributed by atoms with van der Waals surface area (Å²) in [4.78, 5) is 11.5. The van der Waals surface area contributed by atoms with Crippen LogP contribution in [-0.2, 0) is 6.54 Å². The number of piperidine rings is 1. The summed E-state index contributed by atoms with van der Waals surface area (Å²) in [5.41, 5.74) is 6.26. The van der Waals surface area contributed by atoms with E-state index in [1.807, 2.05) is 40.0 Å². The molecule has 2 aromatic carbocycles. The highest BCUT2D eigenvalue weighted by molar-refractivity contribution is 5.43. The fourth-order valence-corrected chi connectivity index (χ4v) is 5.42. The summed E-state index contributed by atoms with van der Waals surface area (Å²) in [7, 11) is 1.95. The van der Waals surface area contributed by atoms with E-state index in [1.54, 1.807) is 13.0 Å². The predicted octanol–water partition coefficient (Wildman–Crippen LogP) is 8.63. The number of hydrogen-bond donors (Lipinski definition) is 2. The van der Waals surface area contributed by atoms with Crippen LogP contribution in [0.5, 0.6) is 0 Å². The molecule has 2 N–H and O–H groups in total. The van der Waals surface area contributed by atoms with Crippen molar-refractivity contribution in [1.82, 2.24) is 14.9 Å². The zero-order valence-corrected chi connectivity index (χ0v) is 26.3. The topological polar surface area (TPSA) is 53.1 Å². The van der Waals surface area contributed by atoms with Gasteiger partial charge < -0.3 is 10.6 Å². The summed E-state index contributed by atoms with van der Waals surface area (Å²) >= 11 is 0. The van der Waals surface area contributed by atoms with Crippen LogP contribution in [0.3, 0.4) is 0 Å². The summed E-state index contributed by atoms with van der Waals surface area (Å²) in [6.45, 7) is 13.3. The van der Waals surface area contributed by atoms with Crippen LogP contribution in [0.15, 0.2) is 48.5 Å². The second-order valence-electron chi connectivity index (χ2n) is 12.0. The molecule has 224 valence electrons. The molecule has 3 aromatic rings. The van der Waals surface area contributed by atoms with Gasteiger partial charge in [0.1, 0.15) is 5.82 Å². The second kappa shape index (κ2) is 17.1. The number of nitrogens with zero attached hydrogens (tertiary/aromatic N) is 3. The number of benzene rings is 2. The summed E-state index contributed by atoms with van der Waals surface area (Å²) in [5, 5.41) is 6.67. The van der Waals surface area contributed by atoms with Gasteiger partial charge in [-0.25, -0.2) is 14.4 Å². The van der Waals surface area contributed by atoms with Gasteiger partial charge in [-0.15, -0.1) is 0 Å². The van der Waals surface area contributed by atoms with Crippen LogP contribution in [0.25, 0.3) is 0 Å². The average Bonchev–Trinajstić information content (AvgIpc) is 3.20. The molecule has 41 heavy (non-hydrogen) atoms. The van der Waals surface area contributed by atoms with Gasteiger partial charge in [0.25, 0.3) is 0 Å². The summed E-state index contributed by atoms with van der Waals surface area (Å²) in [6.07, 6.45) is 11.2. The summed E-state index contributed by atoms with van der Waals surface area (Å²) in [5.74, 6) is 1.68. The molecule has 1 aromatic heterocycles. The van der Waals surface area contributed by atoms with Crippen molar-refractivity contribution < 1.29 is 4.39 Å². The molecule has 2 fully saturated rings. The molecule has 2 heterocycles. The van der Waals surface area contributed by atoms with E-state index >= 15 is 0 Å². The van der Waals surface area contributed by atoms with Gasteiger partial charge in [-0.05, 0) is 87.4 Å². The van der Waals surface area contributed by atoms with Gasteiger partial charge in [0.2, 0.25) is 5.95 Å². The van der Waals surface area contributed by atoms with Crippen molar-refractivity contribution in [1.29, 1.82) is 0 Å². The van der Waals surface area contributed by atoms with E-state index in [-0.39, 0.29) is 5.82 Å². The number of halogens is 1. The number of rotatable bonds is 5. The van der Waals surface area contributed by atoms with Gasteiger partial charge in [-0.3, -0.25) is 4.90 Å². The zero-order valence-electron chi connectivity index (χ0n) is 26.3. The van der Waals surface area contributed by atoms with E-state index in [9.17, 15) is 4.39 Å². The Hall–Kier alpha value is -2.99. The van der Waals surface area contributed by atoms with E-state index in [1.165, 1.54) is 50.2 Å². The van der Waals surface area contributed by atoms with Crippen LogP contribution in [0.1, 0.15) is 86.4 Å². The molecule has 0 unspecified atom stereocenters. The molecule has 0 radical (unpaired) electrons. The Morgan fingerprint density at radius 2 is 1.41 bits per heavy atom. The Kier molecular flexibility index (Phi) is 13.5. The number of likely N-dealkylation sites (tertiary alicyclic amines) is 1. The fraction of sp³-hybridized carbons (Fsp3) is 0.543. The first-order valence-corrected chi connectivity index (χ1v) is 15.5. The third-order valence-electron chi connectivity index (χ3n) is 8.02. The van der Waals surface area contributed by atoms with Crippen LogP contribution in [0.2, 0.25) is 0 Å². The molecule has 5 nitrogen and oxygen atoms in total. The average molecular weight is 562 g/mol. The van der Waals surface area contributed by atoms with Crippen molar-refractivity contribution in [2.24, 2.45) is 5.92 Å². The van der Waals surface area contributed by atoms with E-state index < -0.39 is 0 Å². The molecule has 1 saturated carbocycles. The molecule has 0 bridgehead atoms. The largest absolute Gasteiger partial charge is 0.388 e. The first-order chi connectivity index (χ1) is 19.7. The number of hydrogen-bond acceptors (Lipinski definition) is 5. The standard InChI is InChI=1S/C19H27N5.C8H9F.C8H16/c1-14-12-15(2)22-19(21-14)23-18-8-10-24(11-9-18)13-16-4-6-17(20-3)7-5-16;1-6-3-4-7(2)8(9)5-6;1-8-6-4-2-3-5-7-8/h4-7,12,18,20H,8-11,13H2,1-3H3,(H,21,22,23);3-5H,1-2H3;8H,2-7H2,1H3. The van der Waals surface area contributed by atoms with Crippen molar-refractivity contribution >= 4 is 11.6 Å². The smallest absolute Gasteiger partial charge is 0.223 e. The molecule has 0 spiro atoms. The second-order valence-corrected chi connectivity index (χ2v) is 12.0. The van der Waals surface area contributed by atoms with E-state index in [4.69, 9.17) is 0 Å². The number of nitrogens with one attached hydrogen (secondary N) is 2. The lowest BCUT2D eigenvalue weighted by Gasteiger charge is -2.32. The molecule has 0 atom stereocenters. The van der Waals surface area contributed by atoms with Gasteiger partial charge in [0.15, 0.2) is 0 Å². The Balaban J connectivity index is 0.000000221. The molecule has 6 heteroatoms. The van der Waals surface area contributed by atoms with Crippen LogP contribution >= 0.6 is 0 Å². The summed E-state index contributed by atoms with van der Waals surface area (Å²) < 4.78 is 12.6. The highest BCUT2D eigenvalue weighted by atomic mass is 19.1. The van der Waals surface area contributed by atoms with Crippen molar-refractivity contribution in [3.63, 3.8) is 0 Å². The lowest BCUT2D eigenvalue weighted by Crippen LogP contribution is -2.39. The van der Waals surface area contributed by atoms with E-state index in [0.29, 0.717) is 11.6 Å². The fourth-order valence-electron chi connectivity index (χ4n) is 5.42. The molecule has 2 aliphatic rings. The Labute approximate surface area is 248 Å². The predicted molar refractivity (Wildman–Crippen MR) is 172 cm³/mol. The van der Waals surface area contributed by atoms with Gasteiger partial charge >= 0.3 is 0 Å². The maximum absolute atomic E-state index is 12.6. The third-order valence-corrected chi connectivity index (χ3v) is 8.02. The normalized spacial score (nSPS) is 16.5. The Morgan fingerprint density at radius 1 is 0.805 bits per heavy atom. The Morgan fingerprint density at radius 3 is 1.95 bits per heavy atom. The lowest BCUT2D eigenvalue weighted by molar-refractivity contribution is 0.211. The van der Waals surface area contributed by atoms with Crippen molar-refractivity contribution in [3.05, 3.63) is 82.4 Å². The van der Waals surface area contributed by atoms with Crippen LogP contribution in [-0.4, -0.2) is 41.0 Å². The molecular weight excluding hydrogens is 509 g/mol. The van der Waals surface area contributed by atoms with Crippen molar-refractivity contribution in [2.45, 2.75) is 98.6 Å². The third kappa shape index (κ3) is 12.2. The Bertz CT molecular complexity index is 1140. The van der Waals surface area contributed by atoms with Crippen LogP contribution < -0.4 is 10.6 Å². The van der Waals surface area contributed by atoms with Crippen LogP contribution in [0, 0.1) is 39.4 Å². The zero-order chi connectivity index (χ0) is 29.6. The van der Waals surface area contributed by atoms with Gasteiger partial charge in [0, 0.05) is 49.8 Å². The van der Waals surface area contributed by atoms with Crippen LogP contribution in [0.4, 0.5) is 16.0 Å². The molecule has 5 rings (SSSR count). The molecule has 0 amide bonds. The van der Waals surface area contributed by atoms with Gasteiger partial charge in [-0.2, -0.15) is 0 Å². The van der Waals surface area contributed by atoms with Crippen molar-refractivity contribution in [3.8, 4) is 0 Å². The maximum Gasteiger partial charge on any atom is 0.223 e. The first kappa shape index (κ1) is 32.5. The number of anilines is 2. The molecular formula is C35H52FN5. The molecule has 1 aliphatic heterocycles. The van der Waals surface area contributed by atoms with Crippen molar-refractivity contribution in [2.75, 3.05) is 30.8 Å². The minimum atomic E-state index is -0.116. The highest BCUT2D eigenvalue weighted by Gasteiger charge is 2.20. The molecule has 1 saturated heterocycles. The number of aryl methyl sites for hydroxylation is 4. The van der Waals surface area contributed by atoms with E-state index in [2.05, 4.69) is 56.7 Å². The number of aromatic nitrogens is 2.